The Morgan fingerprint density at radius 3 is 2.62 bits per heavy atom. The third-order valence-electron chi connectivity index (χ3n) is 4.48. The minimum atomic E-state index is -0.455. The van der Waals surface area contributed by atoms with Crippen LogP contribution in [0.15, 0.2) is 70.7 Å². The molecule has 0 bridgehead atoms. The van der Waals surface area contributed by atoms with E-state index in [4.69, 9.17) is 0 Å². The molecule has 4 aromatic rings. The summed E-state index contributed by atoms with van der Waals surface area (Å²) in [4.78, 5) is 32.3. The second-order valence-corrected chi connectivity index (χ2v) is 7.89. The van der Waals surface area contributed by atoms with Gasteiger partial charge in [0.1, 0.15) is 5.39 Å². The average Bonchev–Trinajstić information content (AvgIpc) is 3.15. The van der Waals surface area contributed by atoms with Gasteiger partial charge in [0, 0.05) is 5.69 Å². The zero-order chi connectivity index (χ0) is 20.4. The van der Waals surface area contributed by atoms with Crippen molar-refractivity contribution in [3.63, 3.8) is 0 Å². The second-order valence-electron chi connectivity index (χ2n) is 6.56. The maximum Gasteiger partial charge on any atom is 0.262 e. The first-order valence-corrected chi connectivity index (χ1v) is 9.97. The Bertz CT molecular complexity index is 1230. The molecule has 2 N–H and O–H groups in total. The third-order valence-corrected chi connectivity index (χ3v) is 5.46. The lowest BCUT2D eigenvalue weighted by atomic mass is 10.2. The number of hydrogen-bond acceptors (Lipinski definition) is 5. The number of rotatable bonds is 5. The number of aryl methyl sites for hydroxylation is 1. The largest absolute Gasteiger partial charge is 0.325 e. The van der Waals surface area contributed by atoms with Crippen LogP contribution in [0.25, 0.3) is 16.7 Å². The van der Waals surface area contributed by atoms with E-state index in [2.05, 4.69) is 20.4 Å². The van der Waals surface area contributed by atoms with Crippen molar-refractivity contribution in [2.45, 2.75) is 24.3 Å². The molecule has 0 radical (unpaired) electrons. The highest BCUT2D eigenvalue weighted by atomic mass is 32.2. The van der Waals surface area contributed by atoms with Gasteiger partial charge in [-0.25, -0.2) is 9.67 Å². The Morgan fingerprint density at radius 1 is 1.14 bits per heavy atom. The summed E-state index contributed by atoms with van der Waals surface area (Å²) in [6.45, 7) is 3.71. The number of H-pyrrole nitrogens is 1. The molecule has 2 heterocycles. The molecule has 0 fully saturated rings. The molecule has 0 spiro atoms. The number of amides is 1. The number of fused-ring (bicyclic) bond motifs is 1. The van der Waals surface area contributed by atoms with E-state index in [0.717, 1.165) is 16.9 Å². The average molecular weight is 405 g/mol. The van der Waals surface area contributed by atoms with E-state index in [9.17, 15) is 9.59 Å². The quantitative estimate of drug-likeness (QED) is 0.391. The summed E-state index contributed by atoms with van der Waals surface area (Å²) in [6.07, 6.45) is 1.50. The first-order chi connectivity index (χ1) is 14.0. The van der Waals surface area contributed by atoms with E-state index in [-0.39, 0.29) is 11.5 Å². The Morgan fingerprint density at radius 2 is 1.86 bits per heavy atom. The van der Waals surface area contributed by atoms with Gasteiger partial charge in [0.15, 0.2) is 10.8 Å². The number of carbonyl (C=O) groups excluding carboxylic acids is 1. The van der Waals surface area contributed by atoms with Crippen molar-refractivity contribution in [1.29, 1.82) is 0 Å². The number of para-hydroxylation sites is 2. The number of thioether (sulfide) groups is 1. The molecule has 29 heavy (non-hydrogen) atoms. The zero-order valence-corrected chi connectivity index (χ0v) is 16.7. The number of nitrogens with zero attached hydrogens (tertiary/aromatic N) is 3. The van der Waals surface area contributed by atoms with Crippen LogP contribution in [-0.2, 0) is 4.79 Å². The number of aromatic nitrogens is 4. The van der Waals surface area contributed by atoms with Gasteiger partial charge in [-0.3, -0.25) is 9.59 Å². The van der Waals surface area contributed by atoms with Crippen molar-refractivity contribution in [2.75, 3.05) is 5.32 Å². The highest BCUT2D eigenvalue weighted by Gasteiger charge is 2.18. The summed E-state index contributed by atoms with van der Waals surface area (Å²) in [7, 11) is 0. The van der Waals surface area contributed by atoms with Crippen LogP contribution in [0, 0.1) is 6.92 Å². The van der Waals surface area contributed by atoms with Gasteiger partial charge in [-0.1, -0.05) is 48.2 Å². The smallest absolute Gasteiger partial charge is 0.262 e. The Kier molecular flexibility index (Phi) is 5.18. The highest BCUT2D eigenvalue weighted by molar-refractivity contribution is 8.00. The molecule has 4 rings (SSSR count). The van der Waals surface area contributed by atoms with Crippen LogP contribution in [0.4, 0.5) is 5.69 Å². The topological polar surface area (TPSA) is 92.7 Å². The van der Waals surface area contributed by atoms with Crippen molar-refractivity contribution in [1.82, 2.24) is 19.7 Å². The first kappa shape index (κ1) is 18.9. The van der Waals surface area contributed by atoms with Gasteiger partial charge in [0.05, 0.1) is 17.1 Å². The van der Waals surface area contributed by atoms with Gasteiger partial charge >= 0.3 is 0 Å². The summed E-state index contributed by atoms with van der Waals surface area (Å²) >= 11 is 1.19. The SMILES string of the molecule is Cc1ccccc1NC(=O)C(C)Sc1nc2c(cnn2-c2ccccc2)c(=O)[nH]1. The predicted octanol–water partition coefficient (Wildman–Crippen LogP) is 3.54. The van der Waals surface area contributed by atoms with E-state index in [1.54, 1.807) is 11.6 Å². The van der Waals surface area contributed by atoms with Crippen LogP contribution in [-0.4, -0.2) is 30.9 Å². The summed E-state index contributed by atoms with van der Waals surface area (Å²) in [5.74, 6) is -0.163. The maximum atomic E-state index is 12.6. The Hall–Kier alpha value is -3.39. The maximum absolute atomic E-state index is 12.6. The molecule has 1 unspecified atom stereocenters. The van der Waals surface area contributed by atoms with Crippen LogP contribution in [0.3, 0.4) is 0 Å². The number of carbonyl (C=O) groups is 1. The lowest BCUT2D eigenvalue weighted by molar-refractivity contribution is -0.115. The summed E-state index contributed by atoms with van der Waals surface area (Å²) in [6, 6.07) is 17.1. The second kappa shape index (κ2) is 7.92. The van der Waals surface area contributed by atoms with Crippen molar-refractivity contribution in [3.8, 4) is 5.69 Å². The molecule has 2 aromatic heterocycles. The fraction of sp³-hybridized carbons (Fsp3) is 0.143. The van der Waals surface area contributed by atoms with Gasteiger partial charge in [0.25, 0.3) is 5.56 Å². The highest BCUT2D eigenvalue weighted by Crippen LogP contribution is 2.23. The number of hydrogen-bond donors (Lipinski definition) is 2. The molecular weight excluding hydrogens is 386 g/mol. The zero-order valence-electron chi connectivity index (χ0n) is 15.9. The molecule has 8 heteroatoms. The van der Waals surface area contributed by atoms with Crippen LogP contribution in [0.2, 0.25) is 0 Å². The van der Waals surface area contributed by atoms with E-state index < -0.39 is 5.25 Å². The minimum Gasteiger partial charge on any atom is -0.325 e. The summed E-state index contributed by atoms with van der Waals surface area (Å²) < 4.78 is 1.62. The monoisotopic (exact) mass is 405 g/mol. The van der Waals surface area contributed by atoms with Crippen LogP contribution >= 0.6 is 11.8 Å². The molecule has 1 amide bonds. The van der Waals surface area contributed by atoms with E-state index in [1.807, 2.05) is 61.5 Å². The lowest BCUT2D eigenvalue weighted by Gasteiger charge is -2.13. The number of nitrogens with one attached hydrogen (secondary N) is 2. The van der Waals surface area contributed by atoms with Gasteiger partial charge in [-0.15, -0.1) is 0 Å². The van der Waals surface area contributed by atoms with Crippen LogP contribution in [0.5, 0.6) is 0 Å². The van der Waals surface area contributed by atoms with Crippen LogP contribution in [0.1, 0.15) is 12.5 Å². The van der Waals surface area contributed by atoms with Gasteiger partial charge in [-0.05, 0) is 37.6 Å². The van der Waals surface area contributed by atoms with Gasteiger partial charge in [0.2, 0.25) is 5.91 Å². The minimum absolute atomic E-state index is 0.163. The van der Waals surface area contributed by atoms with Crippen molar-refractivity contribution in [2.24, 2.45) is 0 Å². The molecule has 0 saturated heterocycles. The fourth-order valence-electron chi connectivity index (χ4n) is 2.88. The number of anilines is 1. The van der Waals surface area contributed by atoms with E-state index in [1.165, 1.54) is 18.0 Å². The number of aromatic amines is 1. The molecule has 1 atom stereocenters. The van der Waals surface area contributed by atoms with Crippen molar-refractivity contribution >= 4 is 34.4 Å². The normalized spacial score (nSPS) is 12.1. The summed E-state index contributed by atoms with van der Waals surface area (Å²) in [5.41, 5.74) is 2.73. The molecule has 0 aliphatic carbocycles. The summed E-state index contributed by atoms with van der Waals surface area (Å²) in [5, 5.41) is 7.52. The predicted molar refractivity (Wildman–Crippen MR) is 115 cm³/mol. The Balaban J connectivity index is 1.60. The van der Waals surface area contributed by atoms with E-state index >= 15 is 0 Å². The molecule has 7 nitrogen and oxygen atoms in total. The fourth-order valence-corrected chi connectivity index (χ4v) is 3.67. The molecule has 146 valence electrons. The standard InChI is InChI=1S/C21H19N5O2S/c1-13-8-6-7-11-17(13)23-19(27)14(2)29-21-24-18-16(20(28)25-21)12-22-26(18)15-9-4-3-5-10-15/h3-12,14H,1-2H3,(H,23,27)(H,24,25,28). The van der Waals surface area contributed by atoms with Gasteiger partial charge < -0.3 is 10.3 Å². The molecule has 0 aliphatic rings. The molecule has 2 aromatic carbocycles. The van der Waals surface area contributed by atoms with Crippen LogP contribution < -0.4 is 10.9 Å². The molecule has 0 saturated carbocycles. The van der Waals surface area contributed by atoms with Crippen molar-refractivity contribution in [3.05, 3.63) is 76.7 Å². The molecular formula is C21H19N5O2S. The Labute approximate surface area is 171 Å². The number of benzene rings is 2. The first-order valence-electron chi connectivity index (χ1n) is 9.09. The van der Waals surface area contributed by atoms with Gasteiger partial charge in [-0.2, -0.15) is 5.10 Å². The van der Waals surface area contributed by atoms with E-state index in [0.29, 0.717) is 16.2 Å². The third kappa shape index (κ3) is 3.93. The molecule has 0 aliphatic heterocycles. The van der Waals surface area contributed by atoms with Crippen molar-refractivity contribution < 1.29 is 4.79 Å². The lowest BCUT2D eigenvalue weighted by Crippen LogP contribution is -2.23.